The van der Waals surface area contributed by atoms with E-state index in [9.17, 15) is 19.2 Å². The number of nitrogens with one attached hydrogen (secondary N) is 3. The minimum atomic E-state index is -0.831. The van der Waals surface area contributed by atoms with E-state index in [4.69, 9.17) is 14.2 Å². The van der Waals surface area contributed by atoms with E-state index in [1.54, 1.807) is 48.5 Å². The molecule has 0 rings (SSSR count). The average Bonchev–Trinajstić information content (AvgIpc) is 2.66. The van der Waals surface area contributed by atoms with Gasteiger partial charge >= 0.3 is 18.2 Å². The van der Waals surface area contributed by atoms with Gasteiger partial charge in [0.1, 0.15) is 17.1 Å². The van der Waals surface area contributed by atoms with Crippen molar-refractivity contribution in [2.24, 2.45) is 10.9 Å². The predicted octanol–water partition coefficient (Wildman–Crippen LogP) is 3.27. The molecule has 0 radical (unpaired) electrons. The summed E-state index contributed by atoms with van der Waals surface area (Å²) in [5.41, 5.74) is -1.41. The highest BCUT2D eigenvalue weighted by molar-refractivity contribution is 6.01. The first-order valence-electron chi connectivity index (χ1n) is 11.6. The third kappa shape index (κ3) is 16.7. The van der Waals surface area contributed by atoms with Crippen molar-refractivity contribution < 1.29 is 33.4 Å². The maximum absolute atomic E-state index is 12.1. The Morgan fingerprint density at radius 2 is 1.32 bits per heavy atom. The topological polar surface area (TPSA) is 144 Å². The Kier molecular flexibility index (Phi) is 13.9. The summed E-state index contributed by atoms with van der Waals surface area (Å²) in [5, 5.41) is 7.59. The number of ether oxygens (including phenoxy) is 3. The Morgan fingerprint density at radius 3 is 1.79 bits per heavy atom. The van der Waals surface area contributed by atoms with Crippen LogP contribution in [0.4, 0.5) is 9.59 Å². The number of amides is 3. The molecule has 0 fully saturated rings. The number of rotatable bonds is 10. The first-order valence-corrected chi connectivity index (χ1v) is 11.6. The van der Waals surface area contributed by atoms with Crippen LogP contribution in [-0.2, 0) is 23.8 Å². The van der Waals surface area contributed by atoms with E-state index in [0.717, 1.165) is 19.3 Å². The van der Waals surface area contributed by atoms with E-state index in [2.05, 4.69) is 20.9 Å². The third-order valence-electron chi connectivity index (χ3n) is 3.93. The molecular weight excluding hydrogens is 444 g/mol. The first kappa shape index (κ1) is 31.1. The van der Waals surface area contributed by atoms with Gasteiger partial charge in [0.25, 0.3) is 0 Å². The fourth-order valence-corrected chi connectivity index (χ4v) is 2.43. The van der Waals surface area contributed by atoms with Crippen molar-refractivity contribution in [3.8, 4) is 0 Å². The summed E-state index contributed by atoms with van der Waals surface area (Å²) in [6, 6.07) is 0. The molecule has 11 nitrogen and oxygen atoms in total. The van der Waals surface area contributed by atoms with Gasteiger partial charge in [0.2, 0.25) is 11.9 Å². The molecule has 0 saturated carbocycles. The number of unbranched alkanes of at least 4 members (excludes halogenated alkanes) is 3. The molecule has 0 aromatic heterocycles. The number of carbonyl (C=O) groups excluding carboxylic acids is 4. The molecule has 0 saturated heterocycles. The fourth-order valence-electron chi connectivity index (χ4n) is 2.43. The van der Waals surface area contributed by atoms with E-state index >= 15 is 0 Å². The number of hydrogen-bond donors (Lipinski definition) is 3. The minimum Gasteiger partial charge on any atom is -0.465 e. The fraction of sp³-hybridized carbons (Fsp3) is 0.783. The molecule has 11 heteroatoms. The highest BCUT2D eigenvalue weighted by atomic mass is 16.6. The summed E-state index contributed by atoms with van der Waals surface area (Å²) < 4.78 is 15.2. The van der Waals surface area contributed by atoms with Gasteiger partial charge in [-0.1, -0.05) is 12.8 Å². The number of nitrogens with zero attached hydrogens (tertiary/aromatic N) is 1. The molecule has 0 spiro atoms. The molecule has 0 aromatic carbocycles. The van der Waals surface area contributed by atoms with Gasteiger partial charge in [0.15, 0.2) is 0 Å². The second kappa shape index (κ2) is 15.1. The molecule has 34 heavy (non-hydrogen) atoms. The maximum atomic E-state index is 12.1. The molecule has 0 aliphatic carbocycles. The SMILES string of the molecule is CCOC(=O)C(C)C(=O)NCCCCCCN=C(NC(=O)OC(C)(C)C)NC(=O)OC(C)(C)C. The number of carbonyl (C=O) groups is 4. The van der Waals surface area contributed by atoms with E-state index in [0.29, 0.717) is 19.5 Å². The van der Waals surface area contributed by atoms with E-state index in [1.807, 2.05) is 0 Å². The Bertz CT molecular complexity index is 677. The number of guanidine groups is 1. The first-order chi connectivity index (χ1) is 15.6. The summed E-state index contributed by atoms with van der Waals surface area (Å²) in [7, 11) is 0. The van der Waals surface area contributed by atoms with E-state index < -0.39 is 35.3 Å². The van der Waals surface area contributed by atoms with Gasteiger partial charge < -0.3 is 19.5 Å². The van der Waals surface area contributed by atoms with Crippen LogP contribution in [0, 0.1) is 5.92 Å². The molecule has 196 valence electrons. The van der Waals surface area contributed by atoms with Crippen molar-refractivity contribution in [1.82, 2.24) is 16.0 Å². The Morgan fingerprint density at radius 1 is 0.824 bits per heavy atom. The summed E-state index contributed by atoms with van der Waals surface area (Å²) >= 11 is 0. The van der Waals surface area contributed by atoms with Crippen LogP contribution in [0.5, 0.6) is 0 Å². The van der Waals surface area contributed by atoms with Crippen LogP contribution in [0.1, 0.15) is 81.1 Å². The van der Waals surface area contributed by atoms with E-state index in [-0.39, 0.29) is 18.5 Å². The summed E-state index contributed by atoms with van der Waals surface area (Å²) in [6.45, 7) is 14.6. The van der Waals surface area contributed by atoms with Crippen molar-refractivity contribution in [2.75, 3.05) is 19.7 Å². The van der Waals surface area contributed by atoms with Crippen LogP contribution in [0.15, 0.2) is 4.99 Å². The predicted molar refractivity (Wildman–Crippen MR) is 128 cm³/mol. The molecular formula is C23H42N4O7. The van der Waals surface area contributed by atoms with Gasteiger partial charge in [0.05, 0.1) is 6.61 Å². The van der Waals surface area contributed by atoms with Crippen LogP contribution in [0.25, 0.3) is 0 Å². The molecule has 0 aliphatic rings. The monoisotopic (exact) mass is 486 g/mol. The summed E-state index contributed by atoms with van der Waals surface area (Å²) in [5.74, 6) is -1.77. The van der Waals surface area contributed by atoms with Gasteiger partial charge in [0, 0.05) is 13.1 Å². The quantitative estimate of drug-likeness (QED) is 0.107. The second-order valence-corrected chi connectivity index (χ2v) is 9.66. The second-order valence-electron chi connectivity index (χ2n) is 9.66. The molecule has 3 N–H and O–H groups in total. The maximum Gasteiger partial charge on any atom is 0.414 e. The number of esters is 1. The van der Waals surface area contributed by atoms with Crippen LogP contribution in [-0.4, -0.2) is 60.9 Å². The molecule has 1 unspecified atom stereocenters. The van der Waals surface area contributed by atoms with Crippen LogP contribution in [0.3, 0.4) is 0 Å². The lowest BCUT2D eigenvalue weighted by Crippen LogP contribution is -2.47. The van der Waals surface area contributed by atoms with Gasteiger partial charge in [-0.2, -0.15) is 0 Å². The zero-order chi connectivity index (χ0) is 26.4. The lowest BCUT2D eigenvalue weighted by molar-refractivity contribution is -0.151. The number of hydrogen-bond acceptors (Lipinski definition) is 8. The lowest BCUT2D eigenvalue weighted by atomic mass is 10.1. The van der Waals surface area contributed by atoms with Crippen molar-refractivity contribution >= 4 is 30.0 Å². The molecule has 0 bridgehead atoms. The number of alkyl carbamates (subject to hydrolysis) is 2. The highest BCUT2D eigenvalue weighted by Crippen LogP contribution is 2.08. The third-order valence-corrected chi connectivity index (χ3v) is 3.93. The van der Waals surface area contributed by atoms with Crippen LogP contribution < -0.4 is 16.0 Å². The summed E-state index contributed by atoms with van der Waals surface area (Å²) in [6.07, 6.45) is 1.61. The van der Waals surface area contributed by atoms with Crippen LogP contribution in [0.2, 0.25) is 0 Å². The van der Waals surface area contributed by atoms with Gasteiger partial charge in [-0.15, -0.1) is 0 Å². The van der Waals surface area contributed by atoms with Gasteiger partial charge in [-0.25, -0.2) is 9.59 Å². The molecule has 0 heterocycles. The number of aliphatic imine (C=N–C) groups is 1. The molecule has 0 aliphatic heterocycles. The van der Waals surface area contributed by atoms with Gasteiger partial charge in [-0.3, -0.25) is 25.2 Å². The van der Waals surface area contributed by atoms with Crippen molar-refractivity contribution in [2.45, 2.75) is 92.3 Å². The summed E-state index contributed by atoms with van der Waals surface area (Å²) in [4.78, 5) is 51.8. The average molecular weight is 487 g/mol. The zero-order valence-electron chi connectivity index (χ0n) is 21.8. The van der Waals surface area contributed by atoms with Crippen molar-refractivity contribution in [3.05, 3.63) is 0 Å². The minimum absolute atomic E-state index is 0.0521. The molecule has 1 atom stereocenters. The van der Waals surface area contributed by atoms with Crippen molar-refractivity contribution in [1.29, 1.82) is 0 Å². The largest absolute Gasteiger partial charge is 0.465 e. The Hall–Kier alpha value is -2.85. The molecule has 3 amide bonds. The Labute approximate surface area is 202 Å². The lowest BCUT2D eigenvalue weighted by Gasteiger charge is -2.22. The Balaban J connectivity index is 4.50. The smallest absolute Gasteiger partial charge is 0.414 e. The van der Waals surface area contributed by atoms with Gasteiger partial charge in [-0.05, 0) is 68.2 Å². The van der Waals surface area contributed by atoms with Crippen molar-refractivity contribution in [3.63, 3.8) is 0 Å². The molecule has 0 aromatic rings. The van der Waals surface area contributed by atoms with E-state index in [1.165, 1.54) is 6.92 Å². The normalized spacial score (nSPS) is 12.1. The highest BCUT2D eigenvalue weighted by Gasteiger charge is 2.22. The standard InChI is InChI=1S/C23H42N4O7/c1-9-32-18(29)16(2)17(28)24-14-12-10-11-13-15-25-19(26-20(30)33-22(3,4)5)27-21(31)34-23(6,7)8/h16H,9-15H2,1-8H3,(H,24,28)(H2,25,26,27,30,31). The zero-order valence-corrected chi connectivity index (χ0v) is 21.8. The van der Waals surface area contributed by atoms with Crippen LogP contribution >= 0.6 is 0 Å².